The fourth-order valence-corrected chi connectivity index (χ4v) is 4.05. The van der Waals surface area contributed by atoms with Crippen molar-refractivity contribution in [1.29, 1.82) is 0 Å². The first kappa shape index (κ1) is 21.0. The normalized spacial score (nSPS) is 18.7. The molecule has 7 heteroatoms. The lowest BCUT2D eigenvalue weighted by Crippen LogP contribution is -2.41. The second-order valence-electron chi connectivity index (χ2n) is 8.22. The summed E-state index contributed by atoms with van der Waals surface area (Å²) in [5, 5.41) is 3.53. The fraction of sp³-hybridized carbons (Fsp3) is 0.417. The van der Waals surface area contributed by atoms with E-state index in [0.29, 0.717) is 23.5 Å². The van der Waals surface area contributed by atoms with Crippen LogP contribution in [0.1, 0.15) is 54.2 Å². The van der Waals surface area contributed by atoms with Crippen LogP contribution in [0, 0.1) is 13.8 Å². The van der Waals surface area contributed by atoms with Crippen LogP contribution in [0.15, 0.2) is 41.5 Å². The number of ether oxygens (including phenoxy) is 1. The summed E-state index contributed by atoms with van der Waals surface area (Å²) in [6.07, 6.45) is 6.79. The van der Waals surface area contributed by atoms with E-state index in [0.717, 1.165) is 36.9 Å². The van der Waals surface area contributed by atoms with Crippen LogP contribution >= 0.6 is 0 Å². The van der Waals surface area contributed by atoms with E-state index in [4.69, 9.17) is 4.74 Å². The molecule has 0 atom stereocenters. The molecule has 0 saturated heterocycles. The van der Waals surface area contributed by atoms with Crippen LogP contribution in [0.4, 0.5) is 0 Å². The highest BCUT2D eigenvalue weighted by molar-refractivity contribution is 5.97. The van der Waals surface area contributed by atoms with Crippen LogP contribution < -0.4 is 15.5 Å². The molecule has 0 unspecified atom stereocenters. The molecule has 1 fully saturated rings. The number of nitrogens with one attached hydrogen (secondary N) is 1. The summed E-state index contributed by atoms with van der Waals surface area (Å²) in [6, 6.07) is 7.45. The van der Waals surface area contributed by atoms with Gasteiger partial charge in [0.25, 0.3) is 5.91 Å². The largest absolute Gasteiger partial charge is 0.474 e. The van der Waals surface area contributed by atoms with Crippen molar-refractivity contribution in [2.45, 2.75) is 65.1 Å². The molecule has 3 heterocycles. The number of hydrogen-bond acceptors (Lipinski definition) is 5. The Morgan fingerprint density at radius 1 is 1.16 bits per heavy atom. The molecule has 1 N–H and O–H groups in total. The van der Waals surface area contributed by atoms with E-state index in [1.54, 1.807) is 24.5 Å². The zero-order valence-electron chi connectivity index (χ0n) is 18.2. The van der Waals surface area contributed by atoms with Crippen molar-refractivity contribution >= 4 is 16.9 Å². The molecule has 4 rings (SSSR count). The minimum atomic E-state index is -0.320. The van der Waals surface area contributed by atoms with Gasteiger partial charge in [-0.2, -0.15) is 0 Å². The van der Waals surface area contributed by atoms with Crippen molar-refractivity contribution in [3.63, 3.8) is 0 Å². The Balaban J connectivity index is 1.43. The average molecular weight is 421 g/mol. The molecule has 3 aromatic heterocycles. The lowest BCUT2D eigenvalue weighted by molar-refractivity contribution is 0.0888. The van der Waals surface area contributed by atoms with Gasteiger partial charge in [-0.1, -0.05) is 6.07 Å². The summed E-state index contributed by atoms with van der Waals surface area (Å²) in [6.45, 7) is 6.48. The molecule has 1 saturated carbocycles. The number of nitrogens with zero attached hydrogens (tertiary/aromatic N) is 3. The lowest BCUT2D eigenvalue weighted by Gasteiger charge is -2.29. The minimum Gasteiger partial charge on any atom is -0.474 e. The number of pyridine rings is 3. The van der Waals surface area contributed by atoms with E-state index >= 15 is 0 Å². The number of aryl methyl sites for hydroxylation is 3. The summed E-state index contributed by atoms with van der Waals surface area (Å²) in [5.41, 5.74) is 2.45. The van der Waals surface area contributed by atoms with Gasteiger partial charge >= 0.3 is 0 Å². The van der Waals surface area contributed by atoms with Crippen molar-refractivity contribution < 1.29 is 9.53 Å². The van der Waals surface area contributed by atoms with Crippen LogP contribution in [-0.4, -0.2) is 32.6 Å². The quantitative estimate of drug-likeness (QED) is 0.682. The van der Waals surface area contributed by atoms with E-state index in [9.17, 15) is 9.59 Å². The summed E-state index contributed by atoms with van der Waals surface area (Å²) in [5.74, 6) is 0.317. The Morgan fingerprint density at radius 2 is 1.94 bits per heavy atom. The predicted molar refractivity (Wildman–Crippen MR) is 120 cm³/mol. The molecule has 31 heavy (non-hydrogen) atoms. The van der Waals surface area contributed by atoms with Gasteiger partial charge in [0.2, 0.25) is 11.3 Å². The predicted octanol–water partition coefficient (Wildman–Crippen LogP) is 3.55. The van der Waals surface area contributed by atoms with Crippen LogP contribution in [0.2, 0.25) is 0 Å². The first-order valence-corrected chi connectivity index (χ1v) is 10.9. The number of fused-ring (bicyclic) bond motifs is 1. The lowest BCUT2D eigenvalue weighted by atomic mass is 9.92. The number of rotatable bonds is 5. The zero-order valence-corrected chi connectivity index (χ0v) is 18.2. The number of hydrogen-bond donors (Lipinski definition) is 1. The number of carbonyl (C=O) groups is 1. The Kier molecular flexibility index (Phi) is 6.02. The third kappa shape index (κ3) is 4.60. The summed E-state index contributed by atoms with van der Waals surface area (Å²) < 4.78 is 7.83. The Labute approximate surface area is 181 Å². The zero-order chi connectivity index (χ0) is 22.0. The van der Waals surface area contributed by atoms with Gasteiger partial charge in [0.15, 0.2) is 0 Å². The molecular weight excluding hydrogens is 392 g/mol. The van der Waals surface area contributed by atoms with Gasteiger partial charge in [-0.15, -0.1) is 0 Å². The van der Waals surface area contributed by atoms with E-state index in [1.807, 2.05) is 37.5 Å². The molecule has 7 nitrogen and oxygen atoms in total. The van der Waals surface area contributed by atoms with E-state index in [2.05, 4.69) is 15.3 Å². The topological polar surface area (TPSA) is 86.1 Å². The summed E-state index contributed by atoms with van der Waals surface area (Å²) in [7, 11) is 0. The van der Waals surface area contributed by atoms with Gasteiger partial charge in [-0.25, -0.2) is 9.97 Å². The molecule has 1 aliphatic carbocycles. The highest BCUT2D eigenvalue weighted by Crippen LogP contribution is 2.23. The molecule has 0 aliphatic heterocycles. The van der Waals surface area contributed by atoms with E-state index < -0.39 is 0 Å². The molecule has 1 amide bonds. The SMILES string of the molecule is CCn1cc(C(=O)NC2CCC(Oc3ccc(C)cn3)CC2)c(=O)c2ccc(C)nc21. The van der Waals surface area contributed by atoms with Gasteiger partial charge in [-0.05, 0) is 64.2 Å². The van der Waals surface area contributed by atoms with Crippen molar-refractivity contribution in [3.8, 4) is 5.88 Å². The monoisotopic (exact) mass is 420 g/mol. The maximum atomic E-state index is 12.9. The smallest absolute Gasteiger partial charge is 0.256 e. The van der Waals surface area contributed by atoms with Crippen molar-refractivity contribution in [3.05, 3.63) is 63.7 Å². The van der Waals surface area contributed by atoms with Crippen molar-refractivity contribution in [2.75, 3.05) is 0 Å². The maximum Gasteiger partial charge on any atom is 0.256 e. The van der Waals surface area contributed by atoms with Crippen LogP contribution in [0.3, 0.4) is 0 Å². The Hall–Kier alpha value is -3.22. The third-order valence-corrected chi connectivity index (χ3v) is 5.83. The Morgan fingerprint density at radius 3 is 2.61 bits per heavy atom. The second-order valence-corrected chi connectivity index (χ2v) is 8.22. The van der Waals surface area contributed by atoms with Crippen LogP contribution in [0.25, 0.3) is 11.0 Å². The standard InChI is InChI=1S/C24H28N4O3/c1-4-28-14-20(22(29)19-11-6-16(3)26-23(19)28)24(30)27-17-7-9-18(10-8-17)31-21-12-5-15(2)13-25-21/h5-6,11-14,17-18H,4,7-10H2,1-3H3,(H,27,30). The molecule has 0 aromatic carbocycles. The van der Waals surface area contributed by atoms with Gasteiger partial charge in [0, 0.05) is 36.7 Å². The summed E-state index contributed by atoms with van der Waals surface area (Å²) >= 11 is 0. The molecule has 0 bridgehead atoms. The van der Waals surface area contributed by atoms with Crippen LogP contribution in [0.5, 0.6) is 5.88 Å². The van der Waals surface area contributed by atoms with Crippen molar-refractivity contribution in [1.82, 2.24) is 19.9 Å². The van der Waals surface area contributed by atoms with E-state index in [-0.39, 0.29) is 29.0 Å². The summed E-state index contributed by atoms with van der Waals surface area (Å²) in [4.78, 5) is 34.6. The van der Waals surface area contributed by atoms with Gasteiger partial charge in [-0.3, -0.25) is 9.59 Å². The molecule has 0 radical (unpaired) electrons. The molecule has 0 spiro atoms. The second kappa shape index (κ2) is 8.88. The third-order valence-electron chi connectivity index (χ3n) is 5.83. The van der Waals surface area contributed by atoms with Gasteiger partial charge in [0.1, 0.15) is 17.3 Å². The molecule has 3 aromatic rings. The van der Waals surface area contributed by atoms with Crippen molar-refractivity contribution in [2.24, 2.45) is 0 Å². The number of carbonyl (C=O) groups excluding carboxylic acids is 1. The fourth-order valence-electron chi connectivity index (χ4n) is 4.05. The highest BCUT2D eigenvalue weighted by Gasteiger charge is 2.25. The van der Waals surface area contributed by atoms with Crippen LogP contribution in [-0.2, 0) is 6.54 Å². The van der Waals surface area contributed by atoms with E-state index in [1.165, 1.54) is 0 Å². The number of amides is 1. The highest BCUT2D eigenvalue weighted by atomic mass is 16.5. The van der Waals surface area contributed by atoms with Gasteiger partial charge in [0.05, 0.1) is 5.39 Å². The minimum absolute atomic E-state index is 0.0274. The molecule has 162 valence electrons. The molecular formula is C24H28N4O3. The Bertz CT molecular complexity index is 1150. The first-order valence-electron chi connectivity index (χ1n) is 10.9. The van der Waals surface area contributed by atoms with Gasteiger partial charge < -0.3 is 14.6 Å². The molecule has 1 aliphatic rings. The number of aromatic nitrogens is 3. The average Bonchev–Trinajstić information content (AvgIpc) is 2.77. The maximum absolute atomic E-state index is 12.9. The first-order chi connectivity index (χ1) is 14.9.